The van der Waals surface area contributed by atoms with Crippen molar-refractivity contribution in [3.63, 3.8) is 0 Å². The maximum Gasteiger partial charge on any atom is 0.240 e. The number of sulfonamides is 1. The summed E-state index contributed by atoms with van der Waals surface area (Å²) >= 11 is 0. The Bertz CT molecular complexity index is 656. The highest BCUT2D eigenvalue weighted by Crippen LogP contribution is 2.45. The van der Waals surface area contributed by atoms with Crippen molar-refractivity contribution >= 4 is 10.0 Å². The largest absolute Gasteiger partial charge is 0.240 e. The van der Waals surface area contributed by atoms with E-state index in [-0.39, 0.29) is 10.9 Å². The summed E-state index contributed by atoms with van der Waals surface area (Å²) in [6.07, 6.45) is 4.54. The van der Waals surface area contributed by atoms with Crippen LogP contribution in [0, 0.1) is 30.1 Å². The number of hydrogen-bond donors (Lipinski definition) is 1. The van der Waals surface area contributed by atoms with Crippen LogP contribution in [-0.4, -0.2) is 14.5 Å². The molecule has 0 unspecified atom stereocenters. The molecule has 2 aliphatic carbocycles. The molecule has 0 radical (unpaired) electrons. The van der Waals surface area contributed by atoms with Gasteiger partial charge in [0.2, 0.25) is 10.0 Å². The highest BCUT2D eigenvalue weighted by molar-refractivity contribution is 7.89. The van der Waals surface area contributed by atoms with Gasteiger partial charge in [0.05, 0.1) is 16.5 Å². The number of hydrogen-bond acceptors (Lipinski definition) is 3. The average molecular weight is 290 g/mol. The lowest BCUT2D eigenvalue weighted by Crippen LogP contribution is -2.38. The molecule has 4 nitrogen and oxygen atoms in total. The molecule has 2 aliphatic rings. The Kier molecular flexibility index (Phi) is 3.31. The predicted molar refractivity (Wildman–Crippen MR) is 75.5 cm³/mol. The van der Waals surface area contributed by atoms with E-state index in [1.54, 1.807) is 19.1 Å². The Morgan fingerprint density at radius 3 is 2.30 bits per heavy atom. The van der Waals surface area contributed by atoms with Gasteiger partial charge in [-0.05, 0) is 68.2 Å². The summed E-state index contributed by atoms with van der Waals surface area (Å²) in [6.45, 7) is 1.76. The normalized spacial score (nSPS) is 19.1. The minimum atomic E-state index is -3.48. The van der Waals surface area contributed by atoms with Crippen LogP contribution < -0.4 is 4.72 Å². The summed E-state index contributed by atoms with van der Waals surface area (Å²) in [6, 6.07) is 6.84. The maximum atomic E-state index is 12.5. The molecule has 106 valence electrons. The van der Waals surface area contributed by atoms with Gasteiger partial charge in [-0.25, -0.2) is 13.1 Å². The second-order valence-electron chi connectivity index (χ2n) is 5.91. The zero-order valence-corrected chi connectivity index (χ0v) is 12.3. The summed E-state index contributed by atoms with van der Waals surface area (Å²) in [7, 11) is -3.48. The van der Waals surface area contributed by atoms with E-state index in [9.17, 15) is 8.42 Å². The van der Waals surface area contributed by atoms with Gasteiger partial charge in [0, 0.05) is 6.04 Å². The third-order valence-corrected chi connectivity index (χ3v) is 5.64. The van der Waals surface area contributed by atoms with E-state index in [4.69, 9.17) is 5.26 Å². The first-order valence-electron chi connectivity index (χ1n) is 7.04. The first-order valence-corrected chi connectivity index (χ1v) is 8.52. The molecular weight excluding hydrogens is 272 g/mol. The summed E-state index contributed by atoms with van der Waals surface area (Å²) in [5.41, 5.74) is 1.22. The molecule has 1 N–H and O–H groups in total. The van der Waals surface area contributed by atoms with Crippen LogP contribution in [0.2, 0.25) is 0 Å². The van der Waals surface area contributed by atoms with Crippen LogP contribution in [0.4, 0.5) is 0 Å². The number of nitriles is 1. The average Bonchev–Trinajstić information content (AvgIpc) is 3.29. The van der Waals surface area contributed by atoms with Crippen LogP contribution in [0.25, 0.3) is 0 Å². The molecule has 0 aromatic heterocycles. The molecule has 0 aliphatic heterocycles. The molecular formula is C15H18N2O2S. The van der Waals surface area contributed by atoms with Crippen LogP contribution in [0.5, 0.6) is 0 Å². The van der Waals surface area contributed by atoms with Crippen molar-refractivity contribution in [1.29, 1.82) is 5.26 Å². The van der Waals surface area contributed by atoms with Gasteiger partial charge in [0.1, 0.15) is 0 Å². The Balaban J connectivity index is 1.84. The van der Waals surface area contributed by atoms with E-state index in [1.807, 2.05) is 0 Å². The minimum absolute atomic E-state index is 0.107. The minimum Gasteiger partial charge on any atom is -0.208 e. The smallest absolute Gasteiger partial charge is 0.208 e. The second kappa shape index (κ2) is 4.87. The Morgan fingerprint density at radius 1 is 1.25 bits per heavy atom. The first-order chi connectivity index (χ1) is 9.51. The summed E-state index contributed by atoms with van der Waals surface area (Å²) in [5.74, 6) is 1.05. The number of nitrogens with zero attached hydrogens (tertiary/aromatic N) is 1. The van der Waals surface area contributed by atoms with E-state index >= 15 is 0 Å². The van der Waals surface area contributed by atoms with Crippen LogP contribution in [0.15, 0.2) is 23.1 Å². The summed E-state index contributed by atoms with van der Waals surface area (Å²) < 4.78 is 27.8. The highest BCUT2D eigenvalue weighted by atomic mass is 32.2. The second-order valence-corrected chi connectivity index (χ2v) is 7.62. The van der Waals surface area contributed by atoms with Crippen LogP contribution in [0.1, 0.15) is 36.8 Å². The van der Waals surface area contributed by atoms with Crippen molar-refractivity contribution in [3.8, 4) is 6.07 Å². The van der Waals surface area contributed by atoms with E-state index in [2.05, 4.69) is 10.8 Å². The van der Waals surface area contributed by atoms with Gasteiger partial charge in [-0.1, -0.05) is 0 Å². The molecule has 0 amide bonds. The molecule has 1 aromatic carbocycles. The van der Waals surface area contributed by atoms with Crippen LogP contribution >= 0.6 is 0 Å². The van der Waals surface area contributed by atoms with E-state index in [0.29, 0.717) is 23.0 Å². The summed E-state index contributed by atoms with van der Waals surface area (Å²) in [4.78, 5) is 0.264. The molecule has 1 aromatic rings. The lowest BCUT2D eigenvalue weighted by atomic mass is 10.1. The SMILES string of the molecule is Cc1cc(S(=O)(=O)NC(C2CC2)C2CC2)ccc1C#N. The Labute approximate surface area is 119 Å². The molecule has 5 heteroatoms. The number of nitrogens with one attached hydrogen (secondary N) is 1. The third-order valence-electron chi connectivity index (χ3n) is 4.18. The number of benzene rings is 1. The lowest BCUT2D eigenvalue weighted by molar-refractivity contribution is 0.471. The Morgan fingerprint density at radius 2 is 1.85 bits per heavy atom. The van der Waals surface area contributed by atoms with Crippen LogP contribution in [-0.2, 0) is 10.0 Å². The molecule has 0 spiro atoms. The highest BCUT2D eigenvalue weighted by Gasteiger charge is 2.43. The number of aryl methyl sites for hydroxylation is 1. The number of rotatable bonds is 5. The van der Waals surface area contributed by atoms with Crippen LogP contribution in [0.3, 0.4) is 0 Å². The quantitative estimate of drug-likeness (QED) is 0.904. The van der Waals surface area contributed by atoms with Gasteiger partial charge >= 0.3 is 0 Å². The van der Waals surface area contributed by atoms with E-state index in [1.165, 1.54) is 6.07 Å². The topological polar surface area (TPSA) is 70.0 Å². The third kappa shape index (κ3) is 2.72. The lowest BCUT2D eigenvalue weighted by Gasteiger charge is -2.18. The Hall–Kier alpha value is -1.38. The van der Waals surface area contributed by atoms with Gasteiger partial charge in [-0.2, -0.15) is 5.26 Å². The monoisotopic (exact) mass is 290 g/mol. The zero-order chi connectivity index (χ0) is 14.3. The fourth-order valence-corrected chi connectivity index (χ4v) is 4.12. The van der Waals surface area contributed by atoms with Crippen molar-refractivity contribution in [1.82, 2.24) is 4.72 Å². The molecule has 0 heterocycles. The fraction of sp³-hybridized carbons (Fsp3) is 0.533. The molecule has 2 fully saturated rings. The maximum absolute atomic E-state index is 12.5. The van der Waals surface area contributed by atoms with Crippen molar-refractivity contribution in [2.45, 2.75) is 43.5 Å². The molecule has 2 saturated carbocycles. The van der Waals surface area contributed by atoms with Gasteiger partial charge in [0.25, 0.3) is 0 Å². The van der Waals surface area contributed by atoms with Gasteiger partial charge in [0.15, 0.2) is 0 Å². The molecule has 3 rings (SSSR count). The zero-order valence-electron chi connectivity index (χ0n) is 11.5. The first kappa shape index (κ1) is 13.6. The van der Waals surface area contributed by atoms with Crippen molar-refractivity contribution < 1.29 is 8.42 Å². The van der Waals surface area contributed by atoms with E-state index < -0.39 is 10.0 Å². The molecule has 0 atom stereocenters. The predicted octanol–water partition coefficient (Wildman–Crippen LogP) is 2.33. The van der Waals surface area contributed by atoms with Crippen molar-refractivity contribution in [2.24, 2.45) is 11.8 Å². The van der Waals surface area contributed by atoms with Crippen molar-refractivity contribution in [3.05, 3.63) is 29.3 Å². The van der Waals surface area contributed by atoms with Gasteiger partial charge in [-0.15, -0.1) is 0 Å². The fourth-order valence-electron chi connectivity index (χ4n) is 2.66. The van der Waals surface area contributed by atoms with Gasteiger partial charge in [-0.3, -0.25) is 0 Å². The van der Waals surface area contributed by atoms with E-state index in [0.717, 1.165) is 25.7 Å². The standard InChI is InChI=1S/C15H18N2O2S/c1-10-8-14(7-6-13(10)9-16)20(18,19)17-15(11-2-3-11)12-4-5-12/h6-8,11-12,15,17H,2-5H2,1H3. The molecule has 0 bridgehead atoms. The van der Waals surface area contributed by atoms with Crippen molar-refractivity contribution in [2.75, 3.05) is 0 Å². The summed E-state index contributed by atoms with van der Waals surface area (Å²) in [5, 5.41) is 8.90. The van der Waals surface area contributed by atoms with Gasteiger partial charge < -0.3 is 0 Å². The molecule has 20 heavy (non-hydrogen) atoms. The molecule has 0 saturated heterocycles.